The van der Waals surface area contributed by atoms with Crippen LogP contribution in [0.4, 0.5) is 11.8 Å². The van der Waals surface area contributed by atoms with E-state index in [9.17, 15) is 9.90 Å². The molecule has 108 valence electrons. The maximum Gasteiger partial charge on any atom is 0.230 e. The van der Waals surface area contributed by atoms with Crippen LogP contribution in [0.1, 0.15) is 19.3 Å². The quantitative estimate of drug-likeness (QED) is 0.641. The van der Waals surface area contributed by atoms with Crippen molar-refractivity contribution in [1.82, 2.24) is 15.3 Å². The SMILES string of the molecule is Nc1nccc(N2CC[C@@H](O)[C@@]3(CCCNC3=O)C2)n1. The monoisotopic (exact) mass is 277 g/mol. The van der Waals surface area contributed by atoms with Gasteiger partial charge in [0.05, 0.1) is 11.5 Å². The van der Waals surface area contributed by atoms with E-state index in [1.165, 1.54) is 0 Å². The van der Waals surface area contributed by atoms with Gasteiger partial charge in [-0.2, -0.15) is 4.98 Å². The molecule has 3 rings (SSSR count). The molecule has 0 radical (unpaired) electrons. The van der Waals surface area contributed by atoms with Crippen LogP contribution in [0.15, 0.2) is 12.3 Å². The van der Waals surface area contributed by atoms with Crippen molar-refractivity contribution < 1.29 is 9.90 Å². The van der Waals surface area contributed by atoms with Gasteiger partial charge in [-0.1, -0.05) is 0 Å². The molecule has 0 bridgehead atoms. The summed E-state index contributed by atoms with van der Waals surface area (Å²) < 4.78 is 0. The topological polar surface area (TPSA) is 104 Å². The van der Waals surface area contributed by atoms with Crippen molar-refractivity contribution in [2.24, 2.45) is 5.41 Å². The summed E-state index contributed by atoms with van der Waals surface area (Å²) in [5, 5.41) is 13.2. The third-order valence-electron chi connectivity index (χ3n) is 4.30. The number of nitrogens with zero attached hydrogens (tertiary/aromatic N) is 3. The highest BCUT2D eigenvalue weighted by Crippen LogP contribution is 2.38. The fourth-order valence-corrected chi connectivity index (χ4v) is 3.18. The molecular formula is C13H19N5O2. The average molecular weight is 277 g/mol. The number of rotatable bonds is 1. The molecule has 0 aromatic carbocycles. The number of hydrogen-bond acceptors (Lipinski definition) is 6. The van der Waals surface area contributed by atoms with Gasteiger partial charge in [0.25, 0.3) is 0 Å². The number of carbonyl (C=O) groups is 1. The minimum absolute atomic E-state index is 0.0528. The minimum atomic E-state index is -0.726. The van der Waals surface area contributed by atoms with Crippen LogP contribution < -0.4 is 16.0 Å². The van der Waals surface area contributed by atoms with E-state index in [0.717, 1.165) is 6.42 Å². The highest BCUT2D eigenvalue weighted by Gasteiger charge is 2.50. The number of nitrogens with one attached hydrogen (secondary N) is 1. The predicted molar refractivity (Wildman–Crippen MR) is 74.0 cm³/mol. The predicted octanol–water partition coefficient (Wildman–Crippen LogP) is -0.474. The molecular weight excluding hydrogens is 258 g/mol. The van der Waals surface area contributed by atoms with Gasteiger partial charge in [0.2, 0.25) is 11.9 Å². The molecule has 2 atom stereocenters. The van der Waals surface area contributed by atoms with Crippen LogP contribution in [0, 0.1) is 5.41 Å². The Bertz CT molecular complexity index is 523. The molecule has 7 heteroatoms. The average Bonchev–Trinajstić information content (AvgIpc) is 2.45. The summed E-state index contributed by atoms with van der Waals surface area (Å²) in [7, 11) is 0. The number of aromatic nitrogens is 2. The van der Waals surface area contributed by atoms with E-state index in [2.05, 4.69) is 15.3 Å². The summed E-state index contributed by atoms with van der Waals surface area (Å²) in [6.07, 6.45) is 3.16. The first-order valence-corrected chi connectivity index (χ1v) is 6.92. The second kappa shape index (κ2) is 4.90. The van der Waals surface area contributed by atoms with Crippen LogP contribution in [0.5, 0.6) is 0 Å². The van der Waals surface area contributed by atoms with E-state index in [1.807, 2.05) is 4.90 Å². The van der Waals surface area contributed by atoms with E-state index in [4.69, 9.17) is 5.73 Å². The Balaban J connectivity index is 1.88. The Morgan fingerprint density at radius 1 is 1.55 bits per heavy atom. The molecule has 2 fully saturated rings. The molecule has 2 aliphatic heterocycles. The summed E-state index contributed by atoms with van der Waals surface area (Å²) in [6, 6.07) is 1.78. The minimum Gasteiger partial charge on any atom is -0.392 e. The zero-order chi connectivity index (χ0) is 14.2. The summed E-state index contributed by atoms with van der Waals surface area (Å²) >= 11 is 0. The number of nitrogen functional groups attached to an aromatic ring is 1. The second-order valence-corrected chi connectivity index (χ2v) is 5.51. The van der Waals surface area contributed by atoms with Gasteiger partial charge in [-0.3, -0.25) is 4.79 Å². The van der Waals surface area contributed by atoms with Gasteiger partial charge in [0, 0.05) is 25.8 Å². The van der Waals surface area contributed by atoms with Crippen molar-refractivity contribution in [2.75, 3.05) is 30.3 Å². The second-order valence-electron chi connectivity index (χ2n) is 5.51. The summed E-state index contributed by atoms with van der Waals surface area (Å²) in [4.78, 5) is 22.4. The molecule has 2 saturated heterocycles. The van der Waals surface area contributed by atoms with Crippen molar-refractivity contribution in [3.8, 4) is 0 Å². The molecule has 1 amide bonds. The number of hydrogen-bond donors (Lipinski definition) is 3. The Kier molecular flexibility index (Phi) is 3.21. The number of nitrogens with two attached hydrogens (primary N) is 1. The van der Waals surface area contributed by atoms with Crippen LogP contribution in [-0.4, -0.2) is 46.7 Å². The smallest absolute Gasteiger partial charge is 0.230 e. The molecule has 4 N–H and O–H groups in total. The number of aliphatic hydroxyl groups is 1. The third-order valence-corrected chi connectivity index (χ3v) is 4.30. The van der Waals surface area contributed by atoms with E-state index in [-0.39, 0.29) is 11.9 Å². The first kappa shape index (κ1) is 13.1. The molecule has 7 nitrogen and oxygen atoms in total. The van der Waals surface area contributed by atoms with Crippen LogP contribution in [0.3, 0.4) is 0 Å². The molecule has 0 unspecified atom stereocenters. The number of amides is 1. The number of anilines is 2. The summed E-state index contributed by atoms with van der Waals surface area (Å²) in [6.45, 7) is 1.82. The first-order valence-electron chi connectivity index (χ1n) is 6.92. The van der Waals surface area contributed by atoms with Gasteiger partial charge in [0.15, 0.2) is 0 Å². The van der Waals surface area contributed by atoms with E-state index >= 15 is 0 Å². The third kappa shape index (κ3) is 2.07. The van der Waals surface area contributed by atoms with Gasteiger partial charge in [-0.25, -0.2) is 4.98 Å². The Morgan fingerprint density at radius 3 is 3.15 bits per heavy atom. The fourth-order valence-electron chi connectivity index (χ4n) is 3.18. The van der Waals surface area contributed by atoms with Crippen LogP contribution >= 0.6 is 0 Å². The molecule has 0 saturated carbocycles. The van der Waals surface area contributed by atoms with Crippen molar-refractivity contribution in [3.63, 3.8) is 0 Å². The van der Waals surface area contributed by atoms with Crippen LogP contribution in [0.2, 0.25) is 0 Å². The lowest BCUT2D eigenvalue weighted by Gasteiger charge is -2.47. The highest BCUT2D eigenvalue weighted by molar-refractivity contribution is 5.85. The molecule has 1 aromatic rings. The first-order chi connectivity index (χ1) is 9.62. The van der Waals surface area contributed by atoms with Gasteiger partial charge in [-0.15, -0.1) is 0 Å². The van der Waals surface area contributed by atoms with Crippen molar-refractivity contribution >= 4 is 17.7 Å². The number of aliphatic hydroxyl groups excluding tert-OH is 1. The molecule has 1 spiro atoms. The maximum atomic E-state index is 12.3. The fraction of sp³-hybridized carbons (Fsp3) is 0.615. The number of piperidine rings is 2. The summed E-state index contributed by atoms with van der Waals surface area (Å²) in [5.74, 6) is 0.876. The zero-order valence-electron chi connectivity index (χ0n) is 11.2. The Hall–Kier alpha value is -1.89. The standard InChI is InChI=1S/C13H19N5O2/c14-12-16-6-2-10(17-12)18-7-3-9(19)13(8-18)4-1-5-15-11(13)20/h2,6,9,19H,1,3-5,7-8H2,(H,15,20)(H2,14,16,17)/t9-,13-/m1/s1. The normalized spacial score (nSPS) is 30.4. The zero-order valence-corrected chi connectivity index (χ0v) is 11.2. The van der Waals surface area contributed by atoms with E-state index in [1.54, 1.807) is 12.3 Å². The molecule has 0 aliphatic carbocycles. The van der Waals surface area contributed by atoms with Gasteiger partial charge in [0.1, 0.15) is 5.82 Å². The molecule has 2 aliphatic rings. The lowest BCUT2D eigenvalue weighted by molar-refractivity contribution is -0.142. The van der Waals surface area contributed by atoms with Gasteiger partial charge < -0.3 is 21.1 Å². The van der Waals surface area contributed by atoms with Crippen molar-refractivity contribution in [3.05, 3.63) is 12.3 Å². The molecule has 20 heavy (non-hydrogen) atoms. The van der Waals surface area contributed by atoms with E-state index < -0.39 is 11.5 Å². The lowest BCUT2D eigenvalue weighted by atomic mass is 9.71. The Labute approximate surface area is 117 Å². The largest absolute Gasteiger partial charge is 0.392 e. The van der Waals surface area contributed by atoms with Crippen molar-refractivity contribution in [2.45, 2.75) is 25.4 Å². The van der Waals surface area contributed by atoms with Crippen LogP contribution in [0.25, 0.3) is 0 Å². The Morgan fingerprint density at radius 2 is 2.40 bits per heavy atom. The summed E-state index contributed by atoms with van der Waals surface area (Å²) in [5.41, 5.74) is 4.89. The van der Waals surface area contributed by atoms with Crippen LogP contribution in [-0.2, 0) is 4.79 Å². The number of carbonyl (C=O) groups excluding carboxylic acids is 1. The van der Waals surface area contributed by atoms with Gasteiger partial charge >= 0.3 is 0 Å². The lowest BCUT2D eigenvalue weighted by Crippen LogP contribution is -2.61. The maximum absolute atomic E-state index is 12.3. The highest BCUT2D eigenvalue weighted by atomic mass is 16.3. The molecule has 3 heterocycles. The van der Waals surface area contributed by atoms with Gasteiger partial charge in [-0.05, 0) is 25.3 Å². The van der Waals surface area contributed by atoms with E-state index in [0.29, 0.717) is 38.3 Å². The molecule has 1 aromatic heterocycles. The van der Waals surface area contributed by atoms with Crippen molar-refractivity contribution in [1.29, 1.82) is 0 Å².